The Bertz CT molecular complexity index is 578. The summed E-state index contributed by atoms with van der Waals surface area (Å²) in [5, 5.41) is 16.7. The van der Waals surface area contributed by atoms with Crippen LogP contribution in [0.5, 0.6) is 0 Å². The van der Waals surface area contributed by atoms with Gasteiger partial charge in [0.05, 0.1) is 30.7 Å². The van der Waals surface area contributed by atoms with Gasteiger partial charge in [0, 0.05) is 31.4 Å². The fourth-order valence-electron chi connectivity index (χ4n) is 2.14. The van der Waals surface area contributed by atoms with Crippen LogP contribution in [0.15, 0.2) is 30.7 Å². The largest absolute Gasteiger partial charge is 0.395 e. The standard InChI is InChI=1S/C16H25N5O/c1-12(2)21-11-14(9-18-21)13(3)19-16-6-5-15(10-17-16)20(4)7-8-22/h5-6,9-13,22H,7-8H2,1-4H3,(H,17,19). The molecule has 0 fully saturated rings. The van der Waals surface area contributed by atoms with Gasteiger partial charge in [-0.05, 0) is 32.9 Å². The molecule has 0 aliphatic heterocycles. The zero-order valence-electron chi connectivity index (χ0n) is 13.7. The molecule has 2 aromatic rings. The number of pyridine rings is 1. The average molecular weight is 303 g/mol. The van der Waals surface area contributed by atoms with E-state index < -0.39 is 0 Å². The van der Waals surface area contributed by atoms with Crippen LogP contribution in [0.1, 0.15) is 38.4 Å². The van der Waals surface area contributed by atoms with E-state index in [4.69, 9.17) is 5.11 Å². The van der Waals surface area contributed by atoms with Crippen molar-refractivity contribution >= 4 is 11.5 Å². The van der Waals surface area contributed by atoms with Crippen LogP contribution in [0.3, 0.4) is 0 Å². The number of aromatic nitrogens is 3. The van der Waals surface area contributed by atoms with Gasteiger partial charge in [-0.15, -0.1) is 0 Å². The summed E-state index contributed by atoms with van der Waals surface area (Å²) < 4.78 is 1.95. The molecule has 1 atom stereocenters. The van der Waals surface area contributed by atoms with Crippen molar-refractivity contribution in [3.05, 3.63) is 36.3 Å². The van der Waals surface area contributed by atoms with Crippen LogP contribution in [-0.2, 0) is 0 Å². The number of aliphatic hydroxyl groups excluding tert-OH is 1. The second kappa shape index (κ2) is 7.26. The van der Waals surface area contributed by atoms with Crippen molar-refractivity contribution in [1.29, 1.82) is 0 Å². The minimum absolute atomic E-state index is 0.132. The van der Waals surface area contributed by atoms with E-state index in [0.717, 1.165) is 17.1 Å². The summed E-state index contributed by atoms with van der Waals surface area (Å²) in [6.07, 6.45) is 5.76. The second-order valence-corrected chi connectivity index (χ2v) is 5.76. The normalized spacial score (nSPS) is 12.5. The molecule has 120 valence electrons. The van der Waals surface area contributed by atoms with Gasteiger partial charge in [-0.25, -0.2) is 4.98 Å². The van der Waals surface area contributed by atoms with Crippen molar-refractivity contribution in [3.8, 4) is 0 Å². The maximum atomic E-state index is 8.96. The molecule has 0 amide bonds. The number of nitrogens with zero attached hydrogens (tertiary/aromatic N) is 4. The first-order valence-corrected chi connectivity index (χ1v) is 7.60. The predicted molar refractivity (Wildman–Crippen MR) is 89.2 cm³/mol. The first-order valence-electron chi connectivity index (χ1n) is 7.60. The van der Waals surface area contributed by atoms with Gasteiger partial charge in [0.1, 0.15) is 5.82 Å². The van der Waals surface area contributed by atoms with Crippen LogP contribution in [0.4, 0.5) is 11.5 Å². The summed E-state index contributed by atoms with van der Waals surface area (Å²) in [6.45, 7) is 7.04. The highest BCUT2D eigenvalue weighted by atomic mass is 16.3. The van der Waals surface area contributed by atoms with E-state index in [1.165, 1.54) is 0 Å². The monoisotopic (exact) mass is 303 g/mol. The van der Waals surface area contributed by atoms with Crippen molar-refractivity contribution in [2.24, 2.45) is 0 Å². The Hall–Kier alpha value is -2.08. The number of aliphatic hydroxyl groups is 1. The van der Waals surface area contributed by atoms with Gasteiger partial charge in [-0.2, -0.15) is 5.10 Å². The molecule has 2 aromatic heterocycles. The van der Waals surface area contributed by atoms with E-state index in [-0.39, 0.29) is 12.6 Å². The number of rotatable bonds is 7. The zero-order valence-corrected chi connectivity index (χ0v) is 13.7. The van der Waals surface area contributed by atoms with Crippen LogP contribution >= 0.6 is 0 Å². The van der Waals surface area contributed by atoms with E-state index in [0.29, 0.717) is 12.6 Å². The highest BCUT2D eigenvalue weighted by molar-refractivity contribution is 5.49. The fourth-order valence-corrected chi connectivity index (χ4v) is 2.14. The molecule has 1 unspecified atom stereocenters. The third kappa shape index (κ3) is 3.98. The van der Waals surface area contributed by atoms with Gasteiger partial charge in [0.2, 0.25) is 0 Å². The minimum atomic E-state index is 0.132. The van der Waals surface area contributed by atoms with Crippen LogP contribution in [0, 0.1) is 0 Å². The van der Waals surface area contributed by atoms with Gasteiger partial charge in [0.25, 0.3) is 0 Å². The van der Waals surface area contributed by atoms with Crippen molar-refractivity contribution < 1.29 is 5.11 Å². The summed E-state index contributed by atoms with van der Waals surface area (Å²) in [5.74, 6) is 0.825. The topological polar surface area (TPSA) is 66.2 Å². The summed E-state index contributed by atoms with van der Waals surface area (Å²) in [6, 6.07) is 4.45. The van der Waals surface area contributed by atoms with Gasteiger partial charge in [-0.3, -0.25) is 4.68 Å². The van der Waals surface area contributed by atoms with Crippen molar-refractivity contribution in [3.63, 3.8) is 0 Å². The van der Waals surface area contributed by atoms with Crippen molar-refractivity contribution in [2.45, 2.75) is 32.9 Å². The molecule has 0 saturated heterocycles. The lowest BCUT2D eigenvalue weighted by atomic mass is 10.2. The molecule has 0 saturated carbocycles. The van der Waals surface area contributed by atoms with Crippen LogP contribution in [0.25, 0.3) is 0 Å². The Morgan fingerprint density at radius 2 is 2.05 bits per heavy atom. The van der Waals surface area contributed by atoms with E-state index in [9.17, 15) is 0 Å². The molecule has 0 aromatic carbocycles. The quantitative estimate of drug-likeness (QED) is 0.822. The zero-order chi connectivity index (χ0) is 16.1. The van der Waals surface area contributed by atoms with E-state index in [1.807, 2.05) is 41.2 Å². The highest BCUT2D eigenvalue weighted by Crippen LogP contribution is 2.20. The number of hydrogen-bond acceptors (Lipinski definition) is 5. The Kier molecular flexibility index (Phi) is 5.38. The molecule has 6 nitrogen and oxygen atoms in total. The fraction of sp³-hybridized carbons (Fsp3) is 0.500. The van der Waals surface area contributed by atoms with Gasteiger partial charge >= 0.3 is 0 Å². The molecule has 2 N–H and O–H groups in total. The van der Waals surface area contributed by atoms with Gasteiger partial charge in [0.15, 0.2) is 0 Å². The summed E-state index contributed by atoms with van der Waals surface area (Å²) in [4.78, 5) is 6.39. The first-order chi connectivity index (χ1) is 10.5. The predicted octanol–water partition coefficient (Wildman–Crippen LogP) is 2.46. The number of hydrogen-bond donors (Lipinski definition) is 2. The SMILES string of the molecule is CC(Nc1ccc(N(C)CCO)cn1)c1cnn(C(C)C)c1. The molecule has 6 heteroatoms. The maximum Gasteiger partial charge on any atom is 0.126 e. The number of likely N-dealkylation sites (N-methyl/N-ethyl adjacent to an activating group) is 1. The van der Waals surface area contributed by atoms with Crippen LogP contribution in [0.2, 0.25) is 0 Å². The van der Waals surface area contributed by atoms with Gasteiger partial charge in [-0.1, -0.05) is 0 Å². The molecule has 0 spiro atoms. The molecule has 0 bridgehead atoms. The van der Waals surface area contributed by atoms with Crippen LogP contribution < -0.4 is 10.2 Å². The molecule has 0 aliphatic rings. The molecule has 0 aliphatic carbocycles. The molecule has 2 heterocycles. The Balaban J connectivity index is 2.00. The Morgan fingerprint density at radius 3 is 2.59 bits per heavy atom. The summed E-state index contributed by atoms with van der Waals surface area (Å²) >= 11 is 0. The van der Waals surface area contributed by atoms with Gasteiger partial charge < -0.3 is 15.3 Å². The third-order valence-electron chi connectivity index (χ3n) is 3.64. The van der Waals surface area contributed by atoms with E-state index in [2.05, 4.69) is 42.4 Å². The minimum Gasteiger partial charge on any atom is -0.395 e. The van der Waals surface area contributed by atoms with Crippen molar-refractivity contribution in [2.75, 3.05) is 30.4 Å². The molecule has 2 rings (SSSR count). The first kappa shape index (κ1) is 16.3. The summed E-state index contributed by atoms with van der Waals surface area (Å²) in [5.41, 5.74) is 2.12. The lowest BCUT2D eigenvalue weighted by Gasteiger charge is -2.18. The third-order valence-corrected chi connectivity index (χ3v) is 3.64. The smallest absolute Gasteiger partial charge is 0.126 e. The Labute approximate surface area is 131 Å². The lowest BCUT2D eigenvalue weighted by Crippen LogP contribution is -2.21. The van der Waals surface area contributed by atoms with Crippen molar-refractivity contribution in [1.82, 2.24) is 14.8 Å². The molecular weight excluding hydrogens is 278 g/mol. The highest BCUT2D eigenvalue weighted by Gasteiger charge is 2.10. The summed E-state index contributed by atoms with van der Waals surface area (Å²) in [7, 11) is 1.93. The molecule has 22 heavy (non-hydrogen) atoms. The lowest BCUT2D eigenvalue weighted by molar-refractivity contribution is 0.304. The van der Waals surface area contributed by atoms with Crippen LogP contribution in [-0.4, -0.2) is 40.1 Å². The second-order valence-electron chi connectivity index (χ2n) is 5.76. The average Bonchev–Trinajstić information content (AvgIpc) is 2.98. The number of anilines is 2. The maximum absolute atomic E-state index is 8.96. The molecule has 0 radical (unpaired) electrons. The molecular formula is C16H25N5O. The van der Waals surface area contributed by atoms with E-state index >= 15 is 0 Å². The van der Waals surface area contributed by atoms with E-state index in [1.54, 1.807) is 0 Å². The number of nitrogens with one attached hydrogen (secondary N) is 1. The Morgan fingerprint density at radius 1 is 1.27 bits per heavy atom.